The van der Waals surface area contributed by atoms with E-state index in [4.69, 9.17) is 0 Å². The predicted molar refractivity (Wildman–Crippen MR) is 114 cm³/mol. The zero-order chi connectivity index (χ0) is 19.9. The third kappa shape index (κ3) is 4.90. The topological polar surface area (TPSA) is 61.4 Å². The highest BCUT2D eigenvalue weighted by Crippen LogP contribution is 2.24. The maximum atomic E-state index is 12.8. The first-order valence-electron chi connectivity index (χ1n) is 10.4. The van der Waals surface area contributed by atoms with Crippen LogP contribution in [0.3, 0.4) is 0 Å². The third-order valence-electron chi connectivity index (χ3n) is 5.70. The van der Waals surface area contributed by atoms with Gasteiger partial charge in [0, 0.05) is 23.5 Å². The number of nitrogens with one attached hydrogen (secondary N) is 2. The molecule has 1 heterocycles. The van der Waals surface area contributed by atoms with Crippen LogP contribution in [0.25, 0.3) is 10.8 Å². The van der Waals surface area contributed by atoms with Gasteiger partial charge < -0.3 is 10.6 Å². The van der Waals surface area contributed by atoms with E-state index in [1.165, 1.54) is 0 Å². The molecule has 0 saturated carbocycles. The number of fused-ring (bicyclic) bond motifs is 1. The zero-order valence-electron chi connectivity index (χ0n) is 16.9. The third-order valence-corrected chi connectivity index (χ3v) is 5.70. The van der Waals surface area contributed by atoms with Crippen molar-refractivity contribution in [1.82, 2.24) is 10.2 Å². The zero-order valence-corrected chi connectivity index (χ0v) is 16.9. The van der Waals surface area contributed by atoms with E-state index in [0.29, 0.717) is 0 Å². The van der Waals surface area contributed by atoms with E-state index >= 15 is 0 Å². The molecule has 0 aliphatic carbocycles. The van der Waals surface area contributed by atoms with Gasteiger partial charge in [0.15, 0.2) is 0 Å². The molecule has 2 N–H and O–H groups in total. The molecular weight excluding hydrogens is 350 g/mol. The van der Waals surface area contributed by atoms with Crippen molar-refractivity contribution in [1.29, 1.82) is 0 Å². The Balaban J connectivity index is 1.54. The molecule has 2 aromatic rings. The highest BCUT2D eigenvalue weighted by atomic mass is 16.2. The van der Waals surface area contributed by atoms with Crippen LogP contribution in [0.1, 0.15) is 39.5 Å². The number of nitrogens with zero attached hydrogens (tertiary/aromatic N) is 1. The van der Waals surface area contributed by atoms with Gasteiger partial charge in [0.1, 0.15) is 0 Å². The highest BCUT2D eigenvalue weighted by Gasteiger charge is 2.29. The first kappa shape index (κ1) is 20.3. The predicted octanol–water partition coefficient (Wildman–Crippen LogP) is 3.80. The van der Waals surface area contributed by atoms with Crippen LogP contribution < -0.4 is 10.6 Å². The van der Waals surface area contributed by atoms with E-state index in [0.717, 1.165) is 61.8 Å². The summed E-state index contributed by atoms with van der Waals surface area (Å²) < 4.78 is 0. The van der Waals surface area contributed by atoms with Gasteiger partial charge >= 0.3 is 0 Å². The molecule has 0 aromatic heterocycles. The van der Waals surface area contributed by atoms with Gasteiger partial charge in [0.25, 0.3) is 0 Å². The molecule has 1 atom stereocenters. The second kappa shape index (κ2) is 9.69. The highest BCUT2D eigenvalue weighted by molar-refractivity contribution is 6.03. The first-order valence-corrected chi connectivity index (χ1v) is 10.4. The van der Waals surface area contributed by atoms with Crippen LogP contribution in [0.2, 0.25) is 0 Å². The molecule has 150 valence electrons. The molecule has 0 spiro atoms. The lowest BCUT2D eigenvalue weighted by atomic mass is 9.95. The number of unbranched alkanes of at least 4 members (excludes halogenated alkanes) is 1. The summed E-state index contributed by atoms with van der Waals surface area (Å²) in [5.74, 6) is 0.240. The van der Waals surface area contributed by atoms with Gasteiger partial charge in [-0.3, -0.25) is 14.5 Å². The van der Waals surface area contributed by atoms with E-state index in [1.807, 2.05) is 49.4 Å². The summed E-state index contributed by atoms with van der Waals surface area (Å²) in [6, 6.07) is 13.8. The Hall–Kier alpha value is -2.40. The molecule has 2 aromatic carbocycles. The van der Waals surface area contributed by atoms with Crippen LogP contribution in [0.15, 0.2) is 42.5 Å². The molecule has 0 unspecified atom stereocenters. The number of rotatable bonds is 7. The van der Waals surface area contributed by atoms with Crippen molar-refractivity contribution in [2.24, 2.45) is 5.92 Å². The monoisotopic (exact) mass is 381 g/mol. The summed E-state index contributed by atoms with van der Waals surface area (Å²) in [7, 11) is 0. The van der Waals surface area contributed by atoms with Crippen LogP contribution in [-0.4, -0.2) is 42.4 Å². The largest absolute Gasteiger partial charge is 0.356 e. The molecule has 1 aliphatic rings. The van der Waals surface area contributed by atoms with E-state index in [2.05, 4.69) is 22.5 Å². The van der Waals surface area contributed by atoms with Gasteiger partial charge in [0.05, 0.1) is 6.04 Å². The average Bonchev–Trinajstić information content (AvgIpc) is 2.73. The standard InChI is InChI=1S/C23H31N3O2/c1-3-4-14-24-23(28)19-12-15-26(16-13-19)17(2)22(27)25-21-11-7-9-18-8-5-6-10-20(18)21/h5-11,17,19H,3-4,12-16H2,1-2H3,(H,24,28)(H,25,27)/t17-/m1/s1. The van der Waals surface area contributed by atoms with Crippen molar-refractivity contribution in [3.8, 4) is 0 Å². The number of carbonyl (C=O) groups excluding carboxylic acids is 2. The number of amides is 2. The number of benzene rings is 2. The number of carbonyl (C=O) groups is 2. The molecule has 3 rings (SSSR count). The number of hydrogen-bond donors (Lipinski definition) is 2. The van der Waals surface area contributed by atoms with Crippen LogP contribution in [-0.2, 0) is 9.59 Å². The molecule has 1 fully saturated rings. The first-order chi connectivity index (χ1) is 13.6. The smallest absolute Gasteiger partial charge is 0.241 e. The normalized spacial score (nSPS) is 16.6. The molecule has 0 bridgehead atoms. The van der Waals surface area contributed by atoms with Gasteiger partial charge in [0.2, 0.25) is 11.8 Å². The summed E-state index contributed by atoms with van der Waals surface area (Å²) in [6.45, 7) is 6.38. The molecule has 1 saturated heterocycles. The van der Waals surface area contributed by atoms with Crippen molar-refractivity contribution in [2.45, 2.75) is 45.6 Å². The summed E-state index contributed by atoms with van der Waals surface area (Å²) in [5, 5.41) is 8.29. The molecule has 5 heteroatoms. The van der Waals surface area contributed by atoms with Crippen LogP contribution in [0.5, 0.6) is 0 Å². The molecule has 5 nitrogen and oxygen atoms in total. The fourth-order valence-corrected chi connectivity index (χ4v) is 3.82. The molecule has 1 aliphatic heterocycles. The summed E-state index contributed by atoms with van der Waals surface area (Å²) in [6.07, 6.45) is 3.73. The second-order valence-corrected chi connectivity index (χ2v) is 7.65. The minimum atomic E-state index is -0.219. The Kier molecular flexibility index (Phi) is 7.04. The quantitative estimate of drug-likeness (QED) is 0.717. The summed E-state index contributed by atoms with van der Waals surface area (Å²) in [5.41, 5.74) is 0.847. The number of piperidine rings is 1. The number of hydrogen-bond acceptors (Lipinski definition) is 3. The van der Waals surface area contributed by atoms with Gasteiger partial charge in [-0.1, -0.05) is 49.7 Å². The van der Waals surface area contributed by atoms with E-state index < -0.39 is 0 Å². The number of likely N-dealkylation sites (tertiary alicyclic amines) is 1. The lowest BCUT2D eigenvalue weighted by Crippen LogP contribution is -2.48. The van der Waals surface area contributed by atoms with Gasteiger partial charge in [-0.15, -0.1) is 0 Å². The minimum Gasteiger partial charge on any atom is -0.356 e. The van der Waals surface area contributed by atoms with Crippen molar-refractivity contribution in [3.05, 3.63) is 42.5 Å². The Morgan fingerprint density at radius 3 is 2.57 bits per heavy atom. The maximum Gasteiger partial charge on any atom is 0.241 e. The Morgan fingerprint density at radius 2 is 1.82 bits per heavy atom. The van der Waals surface area contributed by atoms with E-state index in [9.17, 15) is 9.59 Å². The number of anilines is 1. The second-order valence-electron chi connectivity index (χ2n) is 7.65. The van der Waals surface area contributed by atoms with E-state index in [-0.39, 0.29) is 23.8 Å². The van der Waals surface area contributed by atoms with Gasteiger partial charge in [-0.25, -0.2) is 0 Å². The van der Waals surface area contributed by atoms with Crippen molar-refractivity contribution in [3.63, 3.8) is 0 Å². The Labute approximate surface area is 167 Å². The Morgan fingerprint density at radius 1 is 1.11 bits per heavy atom. The van der Waals surface area contributed by atoms with Crippen molar-refractivity contribution in [2.75, 3.05) is 25.0 Å². The molecule has 2 amide bonds. The summed E-state index contributed by atoms with van der Waals surface area (Å²) >= 11 is 0. The van der Waals surface area contributed by atoms with Crippen molar-refractivity contribution >= 4 is 28.3 Å². The van der Waals surface area contributed by atoms with Gasteiger partial charge in [-0.05, 0) is 50.7 Å². The fraction of sp³-hybridized carbons (Fsp3) is 0.478. The fourth-order valence-electron chi connectivity index (χ4n) is 3.82. The maximum absolute atomic E-state index is 12.8. The van der Waals surface area contributed by atoms with Crippen molar-refractivity contribution < 1.29 is 9.59 Å². The SMILES string of the molecule is CCCCNC(=O)C1CCN([C@H](C)C(=O)Nc2cccc3ccccc23)CC1. The lowest BCUT2D eigenvalue weighted by Gasteiger charge is -2.34. The van der Waals surface area contributed by atoms with Gasteiger partial charge in [-0.2, -0.15) is 0 Å². The molecule has 0 radical (unpaired) electrons. The van der Waals surface area contributed by atoms with E-state index in [1.54, 1.807) is 0 Å². The molecular formula is C23H31N3O2. The average molecular weight is 382 g/mol. The minimum absolute atomic E-state index is 0.00204. The van der Waals surface area contributed by atoms with Crippen LogP contribution in [0.4, 0.5) is 5.69 Å². The summed E-state index contributed by atoms with van der Waals surface area (Å²) in [4.78, 5) is 27.2. The van der Waals surface area contributed by atoms with Crippen LogP contribution in [0, 0.1) is 5.92 Å². The Bertz CT molecular complexity index is 807. The lowest BCUT2D eigenvalue weighted by molar-refractivity contribution is -0.127. The molecule has 28 heavy (non-hydrogen) atoms. The van der Waals surface area contributed by atoms with Crippen LogP contribution >= 0.6 is 0 Å².